The highest BCUT2D eigenvalue weighted by Gasteiger charge is 2.04. The molecule has 0 amide bonds. The van der Waals surface area contributed by atoms with E-state index in [1.807, 2.05) is 6.92 Å². The van der Waals surface area contributed by atoms with E-state index in [0.29, 0.717) is 10.0 Å². The summed E-state index contributed by atoms with van der Waals surface area (Å²) in [6.07, 6.45) is 0. The Morgan fingerprint density at radius 1 is 1.46 bits per heavy atom. The lowest BCUT2D eigenvalue weighted by molar-refractivity contribution is 0.281. The summed E-state index contributed by atoms with van der Waals surface area (Å²) in [5.74, 6) is 0. The maximum absolute atomic E-state index is 8.82. The number of halogens is 2. The first-order valence-corrected chi connectivity index (χ1v) is 4.71. The van der Waals surface area contributed by atoms with Gasteiger partial charge in [0.25, 0.3) is 0 Å². The first kappa shape index (κ1) is 10.6. The van der Waals surface area contributed by atoms with E-state index in [0.717, 1.165) is 5.69 Å². The Kier molecular flexibility index (Phi) is 3.85. The second-order valence-electron chi connectivity index (χ2n) is 2.85. The Labute approximate surface area is 87.5 Å². The molecule has 2 N–H and O–H groups in total. The molecule has 1 aromatic rings. The first-order valence-electron chi connectivity index (χ1n) is 3.96. The van der Waals surface area contributed by atoms with Gasteiger partial charge in [0.05, 0.1) is 17.3 Å². The van der Waals surface area contributed by atoms with Crippen LogP contribution in [0.3, 0.4) is 0 Å². The van der Waals surface area contributed by atoms with Gasteiger partial charge in [-0.2, -0.15) is 0 Å². The molecule has 0 saturated heterocycles. The molecule has 0 bridgehead atoms. The normalized spacial score (nSPS) is 12.6. The number of benzene rings is 1. The van der Waals surface area contributed by atoms with E-state index < -0.39 is 0 Å². The van der Waals surface area contributed by atoms with Crippen molar-refractivity contribution in [2.75, 3.05) is 11.9 Å². The molecule has 1 rings (SSSR count). The molecule has 0 aliphatic rings. The highest BCUT2D eigenvalue weighted by molar-refractivity contribution is 6.35. The highest BCUT2D eigenvalue weighted by atomic mass is 35.5. The van der Waals surface area contributed by atoms with Crippen molar-refractivity contribution in [2.24, 2.45) is 0 Å². The van der Waals surface area contributed by atoms with E-state index in [1.165, 1.54) is 0 Å². The summed E-state index contributed by atoms with van der Waals surface area (Å²) in [4.78, 5) is 0. The van der Waals surface area contributed by atoms with Gasteiger partial charge in [0, 0.05) is 11.1 Å². The second-order valence-corrected chi connectivity index (χ2v) is 3.70. The van der Waals surface area contributed by atoms with Gasteiger partial charge in [-0.25, -0.2) is 0 Å². The lowest BCUT2D eigenvalue weighted by Gasteiger charge is -2.13. The topological polar surface area (TPSA) is 32.3 Å². The van der Waals surface area contributed by atoms with Gasteiger partial charge < -0.3 is 10.4 Å². The number of hydrogen-bond acceptors (Lipinski definition) is 2. The van der Waals surface area contributed by atoms with Crippen molar-refractivity contribution < 1.29 is 5.11 Å². The maximum atomic E-state index is 8.82. The molecule has 0 heterocycles. The highest BCUT2D eigenvalue weighted by Crippen LogP contribution is 2.25. The van der Waals surface area contributed by atoms with Gasteiger partial charge in [-0.3, -0.25) is 0 Å². The fourth-order valence-corrected chi connectivity index (χ4v) is 1.26. The average molecular weight is 220 g/mol. The van der Waals surface area contributed by atoms with Crippen LogP contribution in [0.5, 0.6) is 0 Å². The van der Waals surface area contributed by atoms with Crippen molar-refractivity contribution >= 4 is 28.9 Å². The van der Waals surface area contributed by atoms with E-state index in [-0.39, 0.29) is 12.6 Å². The van der Waals surface area contributed by atoms with Crippen LogP contribution in [0.25, 0.3) is 0 Å². The molecule has 0 aliphatic heterocycles. The molecule has 0 aliphatic carbocycles. The lowest BCUT2D eigenvalue weighted by atomic mass is 10.3. The number of nitrogens with one attached hydrogen (secondary N) is 1. The Balaban J connectivity index is 2.81. The lowest BCUT2D eigenvalue weighted by Crippen LogP contribution is -2.19. The van der Waals surface area contributed by atoms with Crippen molar-refractivity contribution in [3.05, 3.63) is 28.2 Å². The summed E-state index contributed by atoms with van der Waals surface area (Å²) >= 11 is 11.7. The molecule has 1 unspecified atom stereocenters. The average Bonchev–Trinajstić information content (AvgIpc) is 2.11. The molecule has 0 fully saturated rings. The van der Waals surface area contributed by atoms with Crippen LogP contribution in [-0.4, -0.2) is 17.8 Å². The van der Waals surface area contributed by atoms with Crippen LogP contribution >= 0.6 is 23.2 Å². The van der Waals surface area contributed by atoms with Crippen molar-refractivity contribution in [1.82, 2.24) is 0 Å². The Morgan fingerprint density at radius 2 is 2.15 bits per heavy atom. The van der Waals surface area contributed by atoms with Gasteiger partial charge in [0.2, 0.25) is 0 Å². The molecule has 1 atom stereocenters. The molecule has 72 valence electrons. The summed E-state index contributed by atoms with van der Waals surface area (Å²) in [7, 11) is 0. The van der Waals surface area contributed by atoms with Crippen LogP contribution in [0.4, 0.5) is 5.69 Å². The monoisotopic (exact) mass is 219 g/mol. The van der Waals surface area contributed by atoms with Crippen LogP contribution < -0.4 is 5.32 Å². The predicted octanol–water partition coefficient (Wildman–Crippen LogP) is 2.79. The van der Waals surface area contributed by atoms with Gasteiger partial charge in [-0.1, -0.05) is 23.2 Å². The minimum Gasteiger partial charge on any atom is -0.394 e. The number of aliphatic hydroxyl groups is 1. The van der Waals surface area contributed by atoms with Crippen LogP contribution in [-0.2, 0) is 0 Å². The van der Waals surface area contributed by atoms with Crippen LogP contribution in [0.1, 0.15) is 6.92 Å². The Bertz CT molecular complexity index is 291. The van der Waals surface area contributed by atoms with Crippen molar-refractivity contribution in [1.29, 1.82) is 0 Å². The van der Waals surface area contributed by atoms with Crippen LogP contribution in [0.15, 0.2) is 18.2 Å². The van der Waals surface area contributed by atoms with E-state index in [1.54, 1.807) is 18.2 Å². The van der Waals surface area contributed by atoms with Gasteiger partial charge >= 0.3 is 0 Å². The number of rotatable bonds is 3. The minimum atomic E-state index is -0.0315. The summed E-state index contributed by atoms with van der Waals surface area (Å²) in [6.45, 7) is 1.92. The smallest absolute Gasteiger partial charge is 0.0638 e. The summed E-state index contributed by atoms with van der Waals surface area (Å²) in [6, 6.07) is 5.14. The summed E-state index contributed by atoms with van der Waals surface area (Å²) in [5, 5.41) is 13.1. The molecule has 4 heteroatoms. The van der Waals surface area contributed by atoms with Crippen molar-refractivity contribution in [2.45, 2.75) is 13.0 Å². The minimum absolute atomic E-state index is 0.0315. The zero-order chi connectivity index (χ0) is 9.84. The van der Waals surface area contributed by atoms with E-state index in [4.69, 9.17) is 28.3 Å². The molecule has 0 radical (unpaired) electrons. The first-order chi connectivity index (χ1) is 6.13. The van der Waals surface area contributed by atoms with E-state index in [2.05, 4.69) is 5.32 Å². The molecule has 2 nitrogen and oxygen atoms in total. The Morgan fingerprint density at radius 3 is 2.77 bits per heavy atom. The third kappa shape index (κ3) is 3.07. The predicted molar refractivity (Wildman–Crippen MR) is 56.6 cm³/mol. The van der Waals surface area contributed by atoms with Gasteiger partial charge in [-0.05, 0) is 25.1 Å². The largest absolute Gasteiger partial charge is 0.394 e. The van der Waals surface area contributed by atoms with Gasteiger partial charge in [-0.15, -0.1) is 0 Å². The van der Waals surface area contributed by atoms with E-state index in [9.17, 15) is 0 Å². The quantitative estimate of drug-likeness (QED) is 0.820. The SMILES string of the molecule is CC(CO)Nc1cc(Cl)ccc1Cl. The van der Waals surface area contributed by atoms with Gasteiger partial charge in [0.1, 0.15) is 0 Å². The molecule has 0 saturated carbocycles. The van der Waals surface area contributed by atoms with Crippen molar-refractivity contribution in [3.8, 4) is 0 Å². The Hall–Kier alpha value is -0.440. The standard InChI is InChI=1S/C9H11Cl2NO/c1-6(5-13)12-9-4-7(10)2-3-8(9)11/h2-4,6,12-13H,5H2,1H3. The number of aliphatic hydroxyl groups excluding tert-OH is 1. The fourth-order valence-electron chi connectivity index (χ4n) is 0.919. The third-order valence-electron chi connectivity index (χ3n) is 1.60. The molecule has 13 heavy (non-hydrogen) atoms. The van der Waals surface area contributed by atoms with Crippen LogP contribution in [0.2, 0.25) is 10.0 Å². The molecular formula is C9H11Cl2NO. The zero-order valence-electron chi connectivity index (χ0n) is 7.22. The fraction of sp³-hybridized carbons (Fsp3) is 0.333. The van der Waals surface area contributed by atoms with Gasteiger partial charge in [0.15, 0.2) is 0 Å². The molecule has 0 spiro atoms. The number of hydrogen-bond donors (Lipinski definition) is 2. The van der Waals surface area contributed by atoms with E-state index >= 15 is 0 Å². The number of anilines is 1. The van der Waals surface area contributed by atoms with Crippen LogP contribution in [0, 0.1) is 0 Å². The maximum Gasteiger partial charge on any atom is 0.0638 e. The summed E-state index contributed by atoms with van der Waals surface area (Å²) in [5.41, 5.74) is 0.746. The second kappa shape index (κ2) is 4.70. The molecular weight excluding hydrogens is 209 g/mol. The zero-order valence-corrected chi connectivity index (χ0v) is 8.73. The van der Waals surface area contributed by atoms with Crippen molar-refractivity contribution in [3.63, 3.8) is 0 Å². The molecule has 0 aromatic heterocycles. The molecule has 1 aromatic carbocycles. The third-order valence-corrected chi connectivity index (χ3v) is 2.17. The summed E-state index contributed by atoms with van der Waals surface area (Å²) < 4.78 is 0.